The Morgan fingerprint density at radius 1 is 1.46 bits per heavy atom. The maximum atomic E-state index is 10.5. The van der Waals surface area contributed by atoms with E-state index in [0.717, 1.165) is 0 Å². The summed E-state index contributed by atoms with van der Waals surface area (Å²) in [5.74, 6) is -0.288. The van der Waals surface area contributed by atoms with Gasteiger partial charge in [0.2, 0.25) is 0 Å². The number of benzene rings is 1. The van der Waals surface area contributed by atoms with Crippen molar-refractivity contribution >= 4 is 11.6 Å². The summed E-state index contributed by atoms with van der Waals surface area (Å²) in [5.41, 5.74) is 3.26. The van der Waals surface area contributed by atoms with Crippen molar-refractivity contribution in [3.8, 4) is 6.07 Å². The number of carbonyl (C=O) groups is 1. The highest BCUT2D eigenvalue weighted by Gasteiger charge is 1.99. The first kappa shape index (κ1) is 9.23. The van der Waals surface area contributed by atoms with E-state index in [0.29, 0.717) is 11.3 Å². The Kier molecular flexibility index (Phi) is 3.01. The van der Waals surface area contributed by atoms with Crippen LogP contribution in [0.3, 0.4) is 0 Å². The van der Waals surface area contributed by atoms with Gasteiger partial charge in [0.05, 0.1) is 12.6 Å². The average Bonchev–Trinajstić information content (AvgIpc) is 2.15. The molecular weight excluding hydrogens is 168 g/mol. The van der Waals surface area contributed by atoms with E-state index >= 15 is 0 Å². The highest BCUT2D eigenvalue weighted by atomic mass is 16.5. The van der Waals surface area contributed by atoms with Gasteiger partial charge in [-0.1, -0.05) is 0 Å². The van der Waals surface area contributed by atoms with Gasteiger partial charge in [0.15, 0.2) is 0 Å². The van der Waals surface area contributed by atoms with Crippen molar-refractivity contribution in [2.24, 2.45) is 0 Å². The molecule has 0 saturated carbocycles. The number of nitrogens with zero attached hydrogens (tertiary/aromatic N) is 1. The van der Waals surface area contributed by atoms with Crippen LogP contribution in [0, 0.1) is 6.07 Å². The lowest BCUT2D eigenvalue weighted by molar-refractivity contribution is -0.112. The number of anilines is 1. The quantitative estimate of drug-likeness (QED) is 0.642. The largest absolute Gasteiger partial charge is 0.512 e. The van der Waals surface area contributed by atoms with Crippen LogP contribution in [0.4, 0.5) is 5.69 Å². The van der Waals surface area contributed by atoms with E-state index in [2.05, 4.69) is 10.9 Å². The van der Waals surface area contributed by atoms with E-state index in [1.54, 1.807) is 24.3 Å². The van der Waals surface area contributed by atoms with E-state index in [-0.39, 0.29) is 5.91 Å². The molecule has 0 bridgehead atoms. The molecule has 4 nitrogen and oxygen atoms in total. The zero-order chi connectivity index (χ0) is 9.68. The van der Waals surface area contributed by atoms with Crippen molar-refractivity contribution in [3.63, 3.8) is 0 Å². The number of hydrogen-bond donors (Lipinski definition) is 2. The van der Waals surface area contributed by atoms with Crippen molar-refractivity contribution in [2.75, 3.05) is 5.48 Å². The first-order chi connectivity index (χ1) is 6.22. The van der Waals surface area contributed by atoms with Crippen LogP contribution in [0.5, 0.6) is 0 Å². The number of hydrogen-bond acceptors (Lipinski definition) is 3. The van der Waals surface area contributed by atoms with E-state index < -0.39 is 0 Å². The van der Waals surface area contributed by atoms with Gasteiger partial charge < -0.3 is 0 Å². The summed E-state index contributed by atoms with van der Waals surface area (Å²) >= 11 is 0. The Morgan fingerprint density at radius 2 is 2.08 bits per heavy atom. The topological polar surface area (TPSA) is 53.7 Å². The van der Waals surface area contributed by atoms with Gasteiger partial charge in [0, 0.05) is 4.85 Å². The maximum absolute atomic E-state index is 10.5. The second-order valence-corrected chi connectivity index (χ2v) is 2.43. The lowest BCUT2D eigenvalue weighted by Gasteiger charge is -1.94. The minimum absolute atomic E-state index is 0.288. The second kappa shape index (κ2) is 4.24. The van der Waals surface area contributed by atoms with Gasteiger partial charge in [-0.2, -0.15) is 0 Å². The van der Waals surface area contributed by atoms with E-state index in [1.165, 1.54) is 6.92 Å². The molecule has 0 atom stereocenters. The summed E-state index contributed by atoms with van der Waals surface area (Å²) < 4.78 is 0. The minimum atomic E-state index is -0.288. The molecule has 0 aliphatic rings. The second-order valence-electron chi connectivity index (χ2n) is 2.43. The first-order valence-electron chi connectivity index (χ1n) is 3.70. The molecule has 0 aromatic heterocycles. The van der Waals surface area contributed by atoms with Gasteiger partial charge in [-0.15, -0.1) is 0 Å². The van der Waals surface area contributed by atoms with Gasteiger partial charge in [0.1, 0.15) is 5.56 Å². The maximum Gasteiger partial charge on any atom is 0.512 e. The van der Waals surface area contributed by atoms with Gasteiger partial charge in [-0.05, 0) is 24.3 Å². The highest BCUT2D eigenvalue weighted by Crippen LogP contribution is 2.07. The molecule has 66 valence electrons. The third kappa shape index (κ3) is 2.93. The van der Waals surface area contributed by atoms with E-state index in [1.807, 2.05) is 5.48 Å². The molecular formula is C9H9N2O2+. The van der Waals surface area contributed by atoms with Crippen LogP contribution in [0.2, 0.25) is 0 Å². The monoisotopic (exact) mass is 177 g/mol. The number of amides is 1. The molecule has 1 rings (SSSR count). The van der Waals surface area contributed by atoms with Crippen LogP contribution in [-0.2, 0) is 4.79 Å². The van der Waals surface area contributed by atoms with Crippen LogP contribution in [0.1, 0.15) is 12.5 Å². The van der Waals surface area contributed by atoms with Crippen LogP contribution in [0.15, 0.2) is 24.3 Å². The summed E-state index contributed by atoms with van der Waals surface area (Å²) in [5, 5.41) is 8.50. The summed E-state index contributed by atoms with van der Waals surface area (Å²) in [7, 11) is 0. The molecule has 1 aromatic rings. The Hall–Kier alpha value is -1.86. The molecule has 0 saturated heterocycles. The summed E-state index contributed by atoms with van der Waals surface area (Å²) in [6.45, 7) is 1.36. The SMILES string of the molecule is CC(=O)[N+]#Cc1ccc(NO)cc1. The van der Waals surface area contributed by atoms with Crippen LogP contribution < -0.4 is 5.48 Å². The molecule has 0 spiro atoms. The summed E-state index contributed by atoms with van der Waals surface area (Å²) in [4.78, 5) is 13.9. The van der Waals surface area contributed by atoms with Gasteiger partial charge >= 0.3 is 12.0 Å². The number of carbonyl (C=O) groups excluding carboxylic acids is 1. The van der Waals surface area contributed by atoms with Crippen LogP contribution in [0.25, 0.3) is 4.85 Å². The van der Waals surface area contributed by atoms with Crippen molar-refractivity contribution in [1.29, 1.82) is 0 Å². The fourth-order valence-electron chi connectivity index (χ4n) is 0.763. The van der Waals surface area contributed by atoms with E-state index in [4.69, 9.17) is 5.21 Å². The zero-order valence-corrected chi connectivity index (χ0v) is 7.11. The van der Waals surface area contributed by atoms with E-state index in [9.17, 15) is 4.79 Å². The van der Waals surface area contributed by atoms with Crippen molar-refractivity contribution in [3.05, 3.63) is 34.7 Å². The third-order valence-electron chi connectivity index (χ3n) is 1.36. The van der Waals surface area contributed by atoms with Crippen molar-refractivity contribution in [2.45, 2.75) is 6.92 Å². The lowest BCUT2D eigenvalue weighted by Crippen LogP contribution is -1.87. The Balaban J connectivity index is 2.83. The molecule has 0 aliphatic heterocycles. The molecule has 1 aromatic carbocycles. The van der Waals surface area contributed by atoms with Gasteiger partial charge in [-0.3, -0.25) is 10.7 Å². The third-order valence-corrected chi connectivity index (χ3v) is 1.36. The van der Waals surface area contributed by atoms with Gasteiger partial charge in [0.25, 0.3) is 0 Å². The smallest absolute Gasteiger partial charge is 0.291 e. The molecule has 0 heterocycles. The van der Waals surface area contributed by atoms with Gasteiger partial charge in [-0.25, -0.2) is 4.79 Å². The fraction of sp³-hybridized carbons (Fsp3) is 0.111. The molecule has 13 heavy (non-hydrogen) atoms. The molecule has 0 fully saturated rings. The van der Waals surface area contributed by atoms with Crippen molar-refractivity contribution in [1.82, 2.24) is 0 Å². The zero-order valence-electron chi connectivity index (χ0n) is 7.11. The molecule has 1 amide bonds. The Morgan fingerprint density at radius 3 is 2.54 bits per heavy atom. The minimum Gasteiger partial charge on any atom is -0.291 e. The standard InChI is InChI=1S/C9H8N2O2/c1-7(12)10-6-8-2-4-9(11-13)5-3-8/h2-5,13H,1H3/p+1. The van der Waals surface area contributed by atoms with Crippen LogP contribution in [-0.4, -0.2) is 11.1 Å². The molecule has 0 radical (unpaired) electrons. The van der Waals surface area contributed by atoms with Crippen LogP contribution >= 0.6 is 0 Å². The number of nitrogens with one attached hydrogen (secondary N) is 1. The summed E-state index contributed by atoms with van der Waals surface area (Å²) in [6.07, 6.45) is 0. The molecule has 4 heteroatoms. The predicted molar refractivity (Wildman–Crippen MR) is 48.9 cm³/mol. The molecule has 2 N–H and O–H groups in total. The summed E-state index contributed by atoms with van der Waals surface area (Å²) in [6, 6.07) is 9.23. The first-order valence-corrected chi connectivity index (χ1v) is 3.70. The highest BCUT2D eigenvalue weighted by molar-refractivity contribution is 5.84. The molecule has 0 unspecified atom stereocenters. The Bertz CT molecular complexity index is 359. The Labute approximate surface area is 75.6 Å². The molecule has 0 aliphatic carbocycles. The fourth-order valence-corrected chi connectivity index (χ4v) is 0.763. The normalized spacial score (nSPS) is 8.46. The number of rotatable bonds is 1. The lowest BCUT2D eigenvalue weighted by atomic mass is 10.2. The van der Waals surface area contributed by atoms with Crippen molar-refractivity contribution < 1.29 is 10.0 Å². The predicted octanol–water partition coefficient (Wildman–Crippen LogP) is 1.72. The average molecular weight is 177 g/mol.